The average molecular weight is 249 g/mol. The van der Waals surface area contributed by atoms with Gasteiger partial charge in [0.2, 0.25) is 0 Å². The van der Waals surface area contributed by atoms with Gasteiger partial charge in [-0.2, -0.15) is 0 Å². The predicted octanol–water partition coefficient (Wildman–Crippen LogP) is 2.90. The summed E-state index contributed by atoms with van der Waals surface area (Å²) >= 11 is 0. The minimum absolute atomic E-state index is 0. The van der Waals surface area contributed by atoms with Crippen LogP contribution in [0.1, 0.15) is 47.0 Å². The summed E-state index contributed by atoms with van der Waals surface area (Å²) in [6, 6.07) is 0.316. The molecule has 0 aromatic heterocycles. The van der Waals surface area contributed by atoms with Crippen LogP contribution in [0.4, 0.5) is 0 Å². The van der Waals surface area contributed by atoms with Crippen molar-refractivity contribution in [2.75, 3.05) is 19.6 Å². The van der Waals surface area contributed by atoms with Gasteiger partial charge < -0.3 is 10.6 Å². The maximum atomic E-state index is 5.85. The van der Waals surface area contributed by atoms with E-state index >= 15 is 0 Å². The van der Waals surface area contributed by atoms with Crippen molar-refractivity contribution in [1.29, 1.82) is 0 Å². The van der Waals surface area contributed by atoms with Crippen LogP contribution in [0.2, 0.25) is 0 Å². The van der Waals surface area contributed by atoms with Gasteiger partial charge in [0.15, 0.2) is 0 Å². The molecular formula is C13H29ClN2. The average Bonchev–Trinajstić information content (AvgIpc) is 2.27. The first-order valence-electron chi connectivity index (χ1n) is 6.37. The Kier molecular flexibility index (Phi) is 6.92. The molecule has 0 bridgehead atoms. The highest BCUT2D eigenvalue weighted by Crippen LogP contribution is 2.34. The molecule has 2 N–H and O–H groups in total. The summed E-state index contributed by atoms with van der Waals surface area (Å²) < 4.78 is 0. The van der Waals surface area contributed by atoms with Crippen LogP contribution < -0.4 is 5.73 Å². The number of nitrogens with zero attached hydrogens (tertiary/aromatic N) is 1. The summed E-state index contributed by atoms with van der Waals surface area (Å²) in [5.41, 5.74) is 6.33. The number of rotatable bonds is 2. The first-order valence-corrected chi connectivity index (χ1v) is 6.37. The van der Waals surface area contributed by atoms with Gasteiger partial charge in [0.25, 0.3) is 0 Å². The van der Waals surface area contributed by atoms with Crippen LogP contribution >= 0.6 is 12.4 Å². The molecule has 3 heteroatoms. The molecule has 2 unspecified atom stereocenters. The third-order valence-electron chi connectivity index (χ3n) is 3.59. The molecule has 1 aliphatic heterocycles. The van der Waals surface area contributed by atoms with Crippen molar-refractivity contribution in [2.45, 2.75) is 53.0 Å². The van der Waals surface area contributed by atoms with Crippen LogP contribution in [0.25, 0.3) is 0 Å². The van der Waals surface area contributed by atoms with Crippen LogP contribution in [0.15, 0.2) is 0 Å². The van der Waals surface area contributed by atoms with E-state index in [-0.39, 0.29) is 12.4 Å². The van der Waals surface area contributed by atoms with Crippen molar-refractivity contribution in [3.63, 3.8) is 0 Å². The van der Waals surface area contributed by atoms with Gasteiger partial charge in [0.1, 0.15) is 0 Å². The van der Waals surface area contributed by atoms with Crippen molar-refractivity contribution < 1.29 is 0 Å². The van der Waals surface area contributed by atoms with E-state index in [0.717, 1.165) is 12.5 Å². The monoisotopic (exact) mass is 248 g/mol. The lowest BCUT2D eigenvalue weighted by molar-refractivity contribution is 0.206. The van der Waals surface area contributed by atoms with Crippen LogP contribution in [-0.2, 0) is 0 Å². The molecule has 0 spiro atoms. The lowest BCUT2D eigenvalue weighted by atomic mass is 9.77. The number of hydrogen-bond donors (Lipinski definition) is 1. The van der Waals surface area contributed by atoms with E-state index in [0.29, 0.717) is 11.5 Å². The summed E-state index contributed by atoms with van der Waals surface area (Å²) in [6.45, 7) is 12.8. The van der Waals surface area contributed by atoms with Crippen molar-refractivity contribution in [2.24, 2.45) is 17.1 Å². The summed E-state index contributed by atoms with van der Waals surface area (Å²) in [6.07, 6.45) is 4.07. The molecule has 0 aromatic rings. The quantitative estimate of drug-likeness (QED) is 0.814. The van der Waals surface area contributed by atoms with Crippen LogP contribution in [0, 0.1) is 11.3 Å². The van der Waals surface area contributed by atoms with E-state index in [1.54, 1.807) is 0 Å². The second kappa shape index (κ2) is 6.83. The van der Waals surface area contributed by atoms with E-state index in [4.69, 9.17) is 5.73 Å². The largest absolute Gasteiger partial charge is 0.327 e. The Morgan fingerprint density at radius 1 is 1.25 bits per heavy atom. The van der Waals surface area contributed by atoms with Gasteiger partial charge >= 0.3 is 0 Å². The van der Waals surface area contributed by atoms with Gasteiger partial charge in [0, 0.05) is 12.6 Å². The zero-order chi connectivity index (χ0) is 11.5. The highest BCUT2D eigenvalue weighted by molar-refractivity contribution is 5.85. The number of likely N-dealkylation sites (tertiary alicyclic amines) is 1. The van der Waals surface area contributed by atoms with Crippen LogP contribution in [-0.4, -0.2) is 30.6 Å². The molecule has 0 aliphatic carbocycles. The summed E-state index contributed by atoms with van der Waals surface area (Å²) in [5.74, 6) is 0.885. The molecule has 1 fully saturated rings. The Balaban J connectivity index is 0.00000225. The van der Waals surface area contributed by atoms with Crippen molar-refractivity contribution in [1.82, 2.24) is 4.90 Å². The van der Waals surface area contributed by atoms with Gasteiger partial charge in [0.05, 0.1) is 0 Å². The molecule has 1 aliphatic rings. The maximum absolute atomic E-state index is 5.85. The smallest absolute Gasteiger partial charge is 0.0139 e. The molecule has 16 heavy (non-hydrogen) atoms. The number of halogens is 1. The normalized spacial score (nSPS) is 25.7. The lowest BCUT2D eigenvalue weighted by Gasteiger charge is -2.30. The Hall–Kier alpha value is 0.210. The van der Waals surface area contributed by atoms with Crippen molar-refractivity contribution >= 4 is 12.4 Å². The van der Waals surface area contributed by atoms with E-state index in [2.05, 4.69) is 32.6 Å². The predicted molar refractivity (Wildman–Crippen MR) is 74.1 cm³/mol. The Bertz CT molecular complexity index is 187. The molecule has 1 rings (SSSR count). The van der Waals surface area contributed by atoms with Gasteiger partial charge in [-0.25, -0.2) is 0 Å². The van der Waals surface area contributed by atoms with E-state index in [1.165, 1.54) is 32.4 Å². The second-order valence-corrected chi connectivity index (χ2v) is 6.27. The fraction of sp³-hybridized carbons (Fsp3) is 1.00. The van der Waals surface area contributed by atoms with Gasteiger partial charge in [-0.15, -0.1) is 12.4 Å². The number of nitrogens with two attached hydrogens (primary N) is 1. The third kappa shape index (κ3) is 5.51. The van der Waals surface area contributed by atoms with Crippen LogP contribution in [0.5, 0.6) is 0 Å². The highest BCUT2D eigenvalue weighted by atomic mass is 35.5. The molecule has 0 amide bonds. The van der Waals surface area contributed by atoms with Gasteiger partial charge in [-0.1, -0.05) is 20.8 Å². The van der Waals surface area contributed by atoms with Gasteiger partial charge in [-0.05, 0) is 50.6 Å². The Morgan fingerprint density at radius 2 is 1.88 bits per heavy atom. The Labute approximate surface area is 107 Å². The molecule has 0 saturated carbocycles. The minimum Gasteiger partial charge on any atom is -0.327 e. The first-order chi connectivity index (χ1) is 6.89. The molecule has 1 saturated heterocycles. The Morgan fingerprint density at radius 3 is 2.38 bits per heavy atom. The summed E-state index contributed by atoms with van der Waals surface area (Å²) in [7, 11) is 0. The maximum Gasteiger partial charge on any atom is 0.0139 e. The molecule has 0 aromatic carbocycles. The van der Waals surface area contributed by atoms with Crippen LogP contribution in [0.3, 0.4) is 0 Å². The zero-order valence-corrected chi connectivity index (χ0v) is 12.1. The molecule has 0 radical (unpaired) electrons. The topological polar surface area (TPSA) is 29.3 Å². The van der Waals surface area contributed by atoms with E-state index in [1.807, 2.05) is 0 Å². The highest BCUT2D eigenvalue weighted by Gasteiger charge is 2.26. The molecule has 2 atom stereocenters. The first kappa shape index (κ1) is 16.2. The van der Waals surface area contributed by atoms with Gasteiger partial charge in [-0.3, -0.25) is 0 Å². The standard InChI is InChI=1S/C13H28N2.ClH/c1-11(14)10-15-8-5-6-12(7-9-15)13(2,3)4;/h11-12H,5-10,14H2,1-4H3;1H. The lowest BCUT2D eigenvalue weighted by Crippen LogP contribution is -2.36. The summed E-state index contributed by atoms with van der Waals surface area (Å²) in [5, 5.41) is 0. The molecule has 2 nitrogen and oxygen atoms in total. The fourth-order valence-electron chi connectivity index (χ4n) is 2.61. The molecule has 1 heterocycles. The minimum atomic E-state index is 0. The number of hydrogen-bond acceptors (Lipinski definition) is 2. The SMILES string of the molecule is CC(N)CN1CCCC(C(C)(C)C)CC1.Cl. The van der Waals surface area contributed by atoms with E-state index in [9.17, 15) is 0 Å². The zero-order valence-electron chi connectivity index (χ0n) is 11.3. The van der Waals surface area contributed by atoms with Crippen molar-refractivity contribution in [3.8, 4) is 0 Å². The van der Waals surface area contributed by atoms with Crippen molar-refractivity contribution in [3.05, 3.63) is 0 Å². The molecule has 98 valence electrons. The third-order valence-corrected chi connectivity index (χ3v) is 3.59. The molecular weight excluding hydrogens is 220 g/mol. The van der Waals surface area contributed by atoms with E-state index < -0.39 is 0 Å². The fourth-order valence-corrected chi connectivity index (χ4v) is 2.61. The second-order valence-electron chi connectivity index (χ2n) is 6.27. The summed E-state index contributed by atoms with van der Waals surface area (Å²) in [4.78, 5) is 2.54.